The Labute approximate surface area is 224 Å². The standard InChI is InChI=1S/C31H56O3Si2/c1-28(2,3)36(9,10)34-24-15-18-31(21-32)22(19-24)11-13-25-26-14-12-23(20-29(4,5)35(7,8)33)30(26,6)17-16-27(25)31/h11,21,23-27,33H,12-20H2,1-10H3/t23-,24+,25?,26?,27?,30-,31-/m1/s1. The topological polar surface area (TPSA) is 46.5 Å². The van der Waals surface area contributed by atoms with Crippen LogP contribution in [0.25, 0.3) is 0 Å². The molecule has 0 saturated heterocycles. The first-order valence-electron chi connectivity index (χ1n) is 14.9. The Morgan fingerprint density at radius 1 is 1.03 bits per heavy atom. The Hall–Kier alpha value is -0.236. The number of rotatable bonds is 6. The fraction of sp³-hybridized carbons (Fsp3) is 0.903. The van der Waals surface area contributed by atoms with E-state index in [-0.39, 0.29) is 21.6 Å². The number of carbonyl (C=O) groups excluding carboxylic acids is 1. The van der Waals surface area contributed by atoms with Crippen molar-refractivity contribution < 1.29 is 14.0 Å². The lowest BCUT2D eigenvalue weighted by Crippen LogP contribution is -2.53. The van der Waals surface area contributed by atoms with Crippen LogP contribution in [0.1, 0.15) is 99.3 Å². The summed E-state index contributed by atoms with van der Waals surface area (Å²) in [6.07, 6.45) is 14.5. The van der Waals surface area contributed by atoms with Crippen LogP contribution in [0.4, 0.5) is 0 Å². The van der Waals surface area contributed by atoms with Gasteiger partial charge in [-0.25, -0.2) is 0 Å². The maximum Gasteiger partial charge on any atom is 0.192 e. The summed E-state index contributed by atoms with van der Waals surface area (Å²) in [5, 5.41) is 0.256. The average Bonchev–Trinajstić information content (AvgIpc) is 3.07. The van der Waals surface area contributed by atoms with E-state index in [1.807, 2.05) is 0 Å². The lowest BCUT2D eigenvalue weighted by Gasteiger charge is -2.58. The van der Waals surface area contributed by atoms with Gasteiger partial charge in [0.05, 0.1) is 5.41 Å². The highest BCUT2D eigenvalue weighted by molar-refractivity contribution is 6.74. The molecular weight excluding hydrogens is 477 g/mol. The summed E-state index contributed by atoms with van der Waals surface area (Å²) < 4.78 is 6.86. The molecule has 5 heteroatoms. The summed E-state index contributed by atoms with van der Waals surface area (Å²) >= 11 is 0. The summed E-state index contributed by atoms with van der Waals surface area (Å²) in [7, 11) is -4.04. The van der Waals surface area contributed by atoms with Gasteiger partial charge in [0, 0.05) is 6.10 Å². The van der Waals surface area contributed by atoms with Crippen molar-refractivity contribution in [1.82, 2.24) is 0 Å². The molecule has 0 amide bonds. The first-order chi connectivity index (χ1) is 16.4. The first-order valence-corrected chi connectivity index (χ1v) is 20.8. The molecule has 3 nitrogen and oxygen atoms in total. The number of hydrogen-bond acceptors (Lipinski definition) is 3. The number of carbonyl (C=O) groups is 1. The maximum atomic E-state index is 13.0. The predicted octanol–water partition coefficient (Wildman–Crippen LogP) is 8.50. The van der Waals surface area contributed by atoms with Gasteiger partial charge in [0.1, 0.15) is 6.29 Å². The van der Waals surface area contributed by atoms with E-state index in [4.69, 9.17) is 4.43 Å². The molecule has 0 radical (unpaired) electrons. The zero-order valence-corrected chi connectivity index (χ0v) is 27.2. The van der Waals surface area contributed by atoms with E-state index in [1.54, 1.807) is 0 Å². The monoisotopic (exact) mass is 532 g/mol. The Morgan fingerprint density at radius 2 is 1.69 bits per heavy atom. The van der Waals surface area contributed by atoms with Crippen LogP contribution >= 0.6 is 0 Å². The molecule has 3 unspecified atom stereocenters. The second kappa shape index (κ2) is 9.16. The zero-order chi connectivity index (χ0) is 26.9. The summed E-state index contributed by atoms with van der Waals surface area (Å²) in [5.41, 5.74) is 1.53. The number of allylic oxidation sites excluding steroid dienone is 1. The van der Waals surface area contributed by atoms with Crippen LogP contribution in [0, 0.1) is 34.5 Å². The molecule has 0 aliphatic heterocycles. The highest BCUT2D eigenvalue weighted by atomic mass is 28.4. The second-order valence-electron chi connectivity index (χ2n) is 16.2. The summed E-state index contributed by atoms with van der Waals surface area (Å²) in [6, 6.07) is 0. The Balaban J connectivity index is 1.54. The summed E-state index contributed by atoms with van der Waals surface area (Å²) in [5.74, 6) is 2.57. The molecule has 0 aromatic heterocycles. The third kappa shape index (κ3) is 4.60. The number of aldehydes is 1. The molecule has 3 saturated carbocycles. The van der Waals surface area contributed by atoms with Gasteiger partial charge in [0.2, 0.25) is 0 Å². The van der Waals surface area contributed by atoms with Crippen molar-refractivity contribution >= 4 is 22.9 Å². The van der Waals surface area contributed by atoms with Crippen LogP contribution in [0.5, 0.6) is 0 Å². The third-order valence-electron chi connectivity index (χ3n) is 12.7. The normalized spacial score (nSPS) is 39.6. The molecule has 0 spiro atoms. The van der Waals surface area contributed by atoms with E-state index in [2.05, 4.69) is 73.8 Å². The van der Waals surface area contributed by atoms with Crippen LogP contribution in [0.15, 0.2) is 11.6 Å². The van der Waals surface area contributed by atoms with E-state index in [0.29, 0.717) is 23.2 Å². The van der Waals surface area contributed by atoms with Crippen LogP contribution < -0.4 is 0 Å². The molecule has 3 fully saturated rings. The van der Waals surface area contributed by atoms with Gasteiger partial charge in [-0.1, -0.05) is 53.2 Å². The molecule has 0 bridgehead atoms. The van der Waals surface area contributed by atoms with Crippen LogP contribution in [0.2, 0.25) is 36.3 Å². The predicted molar refractivity (Wildman–Crippen MR) is 156 cm³/mol. The molecule has 4 rings (SSSR count). The van der Waals surface area contributed by atoms with Gasteiger partial charge < -0.3 is 14.0 Å². The van der Waals surface area contributed by atoms with Gasteiger partial charge in [-0.2, -0.15) is 0 Å². The Morgan fingerprint density at radius 3 is 2.28 bits per heavy atom. The fourth-order valence-electron chi connectivity index (χ4n) is 8.55. The van der Waals surface area contributed by atoms with Gasteiger partial charge >= 0.3 is 0 Å². The van der Waals surface area contributed by atoms with Crippen molar-refractivity contribution in [2.24, 2.45) is 34.5 Å². The zero-order valence-electron chi connectivity index (χ0n) is 25.2. The molecule has 0 aromatic rings. The lowest BCUT2D eigenvalue weighted by molar-refractivity contribution is -0.126. The van der Waals surface area contributed by atoms with Crippen LogP contribution in [-0.4, -0.2) is 33.8 Å². The van der Waals surface area contributed by atoms with Crippen molar-refractivity contribution in [3.63, 3.8) is 0 Å². The molecule has 36 heavy (non-hydrogen) atoms. The van der Waals surface area contributed by atoms with Gasteiger partial charge in [0.25, 0.3) is 0 Å². The van der Waals surface area contributed by atoms with Crippen molar-refractivity contribution in [2.45, 2.75) is 142 Å². The van der Waals surface area contributed by atoms with E-state index in [1.165, 1.54) is 37.5 Å². The van der Waals surface area contributed by atoms with E-state index in [9.17, 15) is 9.59 Å². The maximum absolute atomic E-state index is 13.0. The fourth-order valence-corrected chi connectivity index (χ4v) is 10.7. The summed E-state index contributed by atoms with van der Waals surface area (Å²) in [4.78, 5) is 23.9. The Bertz CT molecular complexity index is 879. The van der Waals surface area contributed by atoms with E-state index in [0.717, 1.165) is 38.0 Å². The second-order valence-corrected chi connectivity index (χ2v) is 25.4. The minimum absolute atomic E-state index is 0.0403. The van der Waals surface area contributed by atoms with Gasteiger partial charge in [-0.3, -0.25) is 0 Å². The van der Waals surface area contributed by atoms with Crippen molar-refractivity contribution in [3.8, 4) is 0 Å². The molecule has 7 atom stereocenters. The molecule has 4 aliphatic rings. The highest BCUT2D eigenvalue weighted by Gasteiger charge is 2.61. The third-order valence-corrected chi connectivity index (χ3v) is 20.8. The quantitative estimate of drug-likeness (QED) is 0.212. The number of hydrogen-bond donors (Lipinski definition) is 1. The van der Waals surface area contributed by atoms with E-state index >= 15 is 0 Å². The van der Waals surface area contributed by atoms with Crippen molar-refractivity contribution in [1.29, 1.82) is 0 Å². The number of fused-ring (bicyclic) bond motifs is 5. The van der Waals surface area contributed by atoms with Crippen molar-refractivity contribution in [3.05, 3.63) is 11.6 Å². The summed E-state index contributed by atoms with van der Waals surface area (Å²) in [6.45, 7) is 23.1. The average molecular weight is 533 g/mol. The molecule has 0 heterocycles. The van der Waals surface area contributed by atoms with Gasteiger partial charge in [-0.15, -0.1) is 0 Å². The molecule has 4 aliphatic carbocycles. The largest absolute Gasteiger partial charge is 0.432 e. The van der Waals surface area contributed by atoms with Gasteiger partial charge in [0.15, 0.2) is 16.6 Å². The van der Waals surface area contributed by atoms with Crippen molar-refractivity contribution in [2.75, 3.05) is 0 Å². The molecular formula is C31H56O3Si2. The highest BCUT2D eigenvalue weighted by Crippen LogP contribution is 2.67. The smallest absolute Gasteiger partial charge is 0.192 e. The Kier molecular flexibility index (Phi) is 7.32. The van der Waals surface area contributed by atoms with Crippen LogP contribution in [-0.2, 0) is 9.22 Å². The van der Waals surface area contributed by atoms with Crippen LogP contribution in [0.3, 0.4) is 0 Å². The molecule has 0 aromatic carbocycles. The van der Waals surface area contributed by atoms with Gasteiger partial charge in [-0.05, 0) is 123 Å². The lowest BCUT2D eigenvalue weighted by atomic mass is 9.47. The molecule has 1 N–H and O–H groups in total. The SMILES string of the molecule is CC(C)(C[C@H]1CCC2C3CC=C4C[C@@H](O[Si](C)(C)C(C)(C)C)CC[C@]4(C=O)C3CC[C@@]21C)[Si](C)(C)O. The first kappa shape index (κ1) is 28.8. The van der Waals surface area contributed by atoms with E-state index < -0.39 is 16.6 Å². The molecule has 206 valence electrons. The minimum Gasteiger partial charge on any atom is -0.432 e. The minimum atomic E-state index is -2.22.